The smallest absolute Gasteiger partial charge is 0.226 e. The van der Waals surface area contributed by atoms with Crippen LogP contribution in [0.3, 0.4) is 0 Å². The van der Waals surface area contributed by atoms with Gasteiger partial charge in [0.2, 0.25) is 29.6 Å². The van der Waals surface area contributed by atoms with Gasteiger partial charge in [-0.2, -0.15) is 4.39 Å². The lowest BCUT2D eigenvalue weighted by Gasteiger charge is -2.18. The number of anilines is 5. The molecule has 0 fully saturated rings. The van der Waals surface area contributed by atoms with Crippen LogP contribution < -0.4 is 25.3 Å². The number of nitrogens with two attached hydrogens (primary N) is 1. The molecule has 2 N–H and O–H groups in total. The Morgan fingerprint density at radius 3 is 0.903 bits per heavy atom. The van der Waals surface area contributed by atoms with Crippen molar-refractivity contribution in [2.24, 2.45) is 0 Å². The first-order chi connectivity index (χ1) is 59.2. The molecule has 4 amide bonds. The monoisotopic (exact) mass is 1700 g/mol. The summed E-state index contributed by atoms with van der Waals surface area (Å²) < 4.78 is 72.1. The van der Waals surface area contributed by atoms with Crippen molar-refractivity contribution in [3.05, 3.63) is 326 Å². The highest BCUT2D eigenvalue weighted by Gasteiger charge is 2.23. The number of Topliss-reactive ketones (excluding diaryl/α,β-unsaturated/α-hetero) is 4. The van der Waals surface area contributed by atoms with Gasteiger partial charge in [-0.3, -0.25) is 43.3 Å². The van der Waals surface area contributed by atoms with Crippen LogP contribution in [0.2, 0.25) is 5.15 Å². The Hall–Kier alpha value is -13.3. The summed E-state index contributed by atoms with van der Waals surface area (Å²) in [4.78, 5) is 119. The average Bonchev–Trinajstić information content (AvgIpc) is 0.818. The number of hydrogen-bond acceptors (Lipinski definition) is 13. The Labute approximate surface area is 726 Å². The van der Waals surface area contributed by atoms with E-state index in [-0.39, 0.29) is 82.4 Å². The molecule has 0 saturated carbocycles. The van der Waals surface area contributed by atoms with Crippen molar-refractivity contribution in [3.8, 4) is 44.5 Å². The third kappa shape index (κ3) is 24.7. The van der Waals surface area contributed by atoms with Crippen molar-refractivity contribution < 1.29 is 60.3 Å². The maximum atomic E-state index is 14.6. The van der Waals surface area contributed by atoms with Crippen LogP contribution in [-0.4, -0.2) is 94.9 Å². The summed E-state index contributed by atoms with van der Waals surface area (Å²) in [5.41, 5.74) is 22.6. The standard InChI is InChI=1S/C26H27FN2O2.C25H24ClFN2O2.C25H24F2N2O2.C25H26FN3O2/c1-5-26(31)29(4)24-12-10-21(15-23(24)27)20-9-11-22(17(2)14-20)25(30)13-8-19-7-6-18(3)28-16-19;1-4-24(31)29(3)22-11-8-19(15-21(22)27)18-7-10-20(16(2)14-18)23(30)12-9-17-6-5-13-28-25(17)26;2*1-4-24(31)29(3)22-11-8-19(15-21(22)26)18-7-10-20(16(2)14-18)23(30)12-9-17-6-5-13-28-25(17)27/h6-7,9-12,14-16H,5,8,13H2,1-4H3;2*5-8,10-11,13-15H,4,9,12H2,1-3H3;5-8,10-11,13-15H,4,9,12H2,1-3H3,(H2,27,28). The molecule has 0 atom stereocenters. The minimum absolute atomic E-state index is 0.0187. The Morgan fingerprint density at radius 1 is 0.331 bits per heavy atom. The Balaban J connectivity index is 0.000000187. The molecule has 12 rings (SSSR count). The number of carbonyl (C=O) groups excluding carboxylic acids is 8. The first-order valence-corrected chi connectivity index (χ1v) is 41.2. The number of ketones is 4. The van der Waals surface area contributed by atoms with E-state index in [4.69, 9.17) is 17.3 Å². The third-order valence-electron chi connectivity index (χ3n) is 21.5. The second-order valence-electron chi connectivity index (χ2n) is 30.0. The first-order valence-electron chi connectivity index (χ1n) is 40.9. The van der Waals surface area contributed by atoms with Gasteiger partial charge in [-0.1, -0.05) is 161 Å². The van der Waals surface area contributed by atoms with E-state index in [1.165, 1.54) is 50.1 Å². The number of benzene rings is 8. The molecular weight excluding hydrogens is 1600 g/mol. The average molecular weight is 1700 g/mol. The van der Waals surface area contributed by atoms with Gasteiger partial charge in [-0.05, 0) is 217 Å². The van der Waals surface area contributed by atoms with Gasteiger partial charge in [0, 0.05) is 138 Å². The van der Waals surface area contributed by atoms with Crippen LogP contribution in [0.5, 0.6) is 0 Å². The van der Waals surface area contributed by atoms with E-state index in [2.05, 4.69) is 19.9 Å². The summed E-state index contributed by atoms with van der Waals surface area (Å²) in [6.07, 6.45) is 10.8. The van der Waals surface area contributed by atoms with E-state index < -0.39 is 29.2 Å². The van der Waals surface area contributed by atoms with Crippen LogP contribution in [0.25, 0.3) is 44.5 Å². The third-order valence-corrected chi connectivity index (χ3v) is 21.8. The van der Waals surface area contributed by atoms with E-state index in [9.17, 15) is 60.3 Å². The van der Waals surface area contributed by atoms with Crippen LogP contribution in [0.4, 0.5) is 50.5 Å². The molecule has 4 aromatic heterocycles. The normalized spacial score (nSPS) is 10.7. The van der Waals surface area contributed by atoms with Crippen molar-refractivity contribution in [2.45, 2.75) is 139 Å². The second kappa shape index (κ2) is 44.5. The first kappa shape index (κ1) is 94.5. The van der Waals surface area contributed by atoms with Gasteiger partial charge in [-0.15, -0.1) is 0 Å². The van der Waals surface area contributed by atoms with E-state index >= 15 is 0 Å². The van der Waals surface area contributed by atoms with Gasteiger partial charge in [-0.25, -0.2) is 32.5 Å². The number of hydrogen-bond donors (Lipinski definition) is 1. The van der Waals surface area contributed by atoms with Crippen molar-refractivity contribution in [2.75, 3.05) is 53.5 Å². The molecule has 124 heavy (non-hydrogen) atoms. The molecule has 0 bridgehead atoms. The Morgan fingerprint density at radius 2 is 0.613 bits per heavy atom. The minimum atomic E-state index is -0.556. The zero-order chi connectivity index (χ0) is 90.2. The molecule has 0 radical (unpaired) electrons. The van der Waals surface area contributed by atoms with Crippen LogP contribution in [-0.2, 0) is 44.9 Å². The molecule has 0 aliphatic heterocycles. The van der Waals surface area contributed by atoms with Crippen molar-refractivity contribution in [3.63, 3.8) is 0 Å². The largest absolute Gasteiger partial charge is 0.383 e. The van der Waals surface area contributed by atoms with Gasteiger partial charge < -0.3 is 25.3 Å². The lowest BCUT2D eigenvalue weighted by molar-refractivity contribution is -0.118. The molecule has 640 valence electrons. The summed E-state index contributed by atoms with van der Waals surface area (Å²) in [6.45, 7) is 16.3. The fraction of sp³-hybridized carbons (Fsp3) is 0.248. The number of amides is 4. The van der Waals surface area contributed by atoms with Crippen molar-refractivity contribution >= 4 is 86.9 Å². The fourth-order valence-electron chi connectivity index (χ4n) is 14.0. The lowest BCUT2D eigenvalue weighted by atomic mass is 9.95. The number of nitrogen functional groups attached to an aromatic ring is 1. The number of rotatable bonds is 28. The molecule has 23 heteroatoms. The van der Waals surface area contributed by atoms with Gasteiger partial charge >= 0.3 is 0 Å². The predicted octanol–water partition coefficient (Wildman–Crippen LogP) is 22.2. The maximum Gasteiger partial charge on any atom is 0.226 e. The van der Waals surface area contributed by atoms with Gasteiger partial charge in [0.15, 0.2) is 23.1 Å². The van der Waals surface area contributed by atoms with Crippen LogP contribution >= 0.6 is 11.6 Å². The summed E-state index contributed by atoms with van der Waals surface area (Å²) in [5.74, 6) is -2.58. The van der Waals surface area contributed by atoms with Crippen molar-refractivity contribution in [1.82, 2.24) is 19.9 Å². The van der Waals surface area contributed by atoms with Crippen molar-refractivity contribution in [1.29, 1.82) is 0 Å². The molecule has 8 aromatic carbocycles. The second-order valence-corrected chi connectivity index (χ2v) is 30.3. The van der Waals surface area contributed by atoms with Crippen LogP contribution in [0.1, 0.15) is 171 Å². The van der Waals surface area contributed by atoms with Crippen LogP contribution in [0, 0.1) is 63.8 Å². The topological polar surface area (TPSA) is 227 Å². The number of carbonyl (C=O) groups is 8. The zero-order valence-corrected chi connectivity index (χ0v) is 72.7. The number of aryl methyl sites for hydroxylation is 9. The molecule has 4 heterocycles. The van der Waals surface area contributed by atoms with Gasteiger partial charge in [0.25, 0.3) is 0 Å². The fourth-order valence-corrected chi connectivity index (χ4v) is 14.2. The highest BCUT2D eigenvalue weighted by Crippen LogP contribution is 2.35. The van der Waals surface area contributed by atoms with E-state index in [1.807, 2.05) is 108 Å². The molecule has 12 aromatic rings. The lowest BCUT2D eigenvalue weighted by Crippen LogP contribution is -2.25. The summed E-state index contributed by atoms with van der Waals surface area (Å²) in [7, 11) is 6.24. The summed E-state index contributed by atoms with van der Waals surface area (Å²) >= 11 is 6.07. The minimum Gasteiger partial charge on any atom is -0.383 e. The number of pyridine rings is 4. The zero-order valence-electron chi connectivity index (χ0n) is 72.0. The van der Waals surface area contributed by atoms with E-state index in [1.54, 1.807) is 171 Å². The molecule has 0 spiro atoms. The number of nitrogens with zero attached hydrogens (tertiary/aromatic N) is 8. The predicted molar refractivity (Wildman–Crippen MR) is 483 cm³/mol. The molecule has 0 unspecified atom stereocenters. The van der Waals surface area contributed by atoms with Gasteiger partial charge in [0.1, 0.15) is 34.2 Å². The summed E-state index contributed by atoms with van der Waals surface area (Å²) in [6, 6.07) is 55.4. The maximum absolute atomic E-state index is 14.6. The SMILES string of the molecule is CCC(=O)N(C)c1ccc(-c2ccc(C(=O)CCc3ccc(C)nc3)c(C)c2)cc1F.CCC(=O)N(C)c1ccc(-c2ccc(C(=O)CCc3cccnc3Cl)c(C)c2)cc1F.CCC(=O)N(C)c1ccc(-c2ccc(C(=O)CCc3cccnc3F)c(C)c2)cc1F.CCC(=O)N(C)c1ccc(-c2ccc(C(=O)CCc3cccnc3N)c(C)c2)cc1F. The van der Waals surface area contributed by atoms with E-state index in [0.717, 1.165) is 66.9 Å². The summed E-state index contributed by atoms with van der Waals surface area (Å²) in [5, 5.41) is 0.416. The number of halogens is 6. The van der Waals surface area contributed by atoms with E-state index in [0.29, 0.717) is 125 Å². The Bertz CT molecular complexity index is 5500. The quantitative estimate of drug-likeness (QED) is 0.0274. The Kier molecular flexibility index (Phi) is 33.9. The molecule has 0 saturated heterocycles. The highest BCUT2D eigenvalue weighted by molar-refractivity contribution is 6.30. The molecule has 17 nitrogen and oxygen atoms in total. The van der Waals surface area contributed by atoms with Gasteiger partial charge in [0.05, 0.1) is 22.7 Å². The number of aromatic nitrogens is 4. The molecule has 0 aliphatic rings. The van der Waals surface area contributed by atoms with Crippen LogP contribution in [0.15, 0.2) is 219 Å². The molecule has 0 aliphatic carbocycles. The molecular formula is C101H101ClF5N9O8. The highest BCUT2D eigenvalue weighted by atomic mass is 35.5.